The molecule has 1 N–H and O–H groups in total. The number of hydrogen-bond acceptors (Lipinski definition) is 4. The molecular weight excluding hydrogens is 190 g/mol. The third-order valence-electron chi connectivity index (χ3n) is 2.53. The number of rotatable bonds is 5. The summed E-state index contributed by atoms with van der Waals surface area (Å²) in [6.45, 7) is 7.14. The molecule has 0 amide bonds. The van der Waals surface area contributed by atoms with Crippen LogP contribution in [0.1, 0.15) is 32.5 Å². The molecule has 15 heavy (non-hydrogen) atoms. The molecule has 84 valence electrons. The van der Waals surface area contributed by atoms with Gasteiger partial charge < -0.3 is 5.11 Å². The Bertz CT molecular complexity index is 276. The summed E-state index contributed by atoms with van der Waals surface area (Å²) in [4.78, 5) is 10.5. The van der Waals surface area contributed by atoms with Crippen LogP contribution in [0.5, 0.6) is 0 Å². The van der Waals surface area contributed by atoms with Gasteiger partial charge in [-0.3, -0.25) is 14.9 Å². The summed E-state index contributed by atoms with van der Waals surface area (Å²) >= 11 is 0. The van der Waals surface area contributed by atoms with Crippen molar-refractivity contribution in [3.63, 3.8) is 0 Å². The number of aliphatic hydroxyl groups excluding tert-OH is 1. The summed E-state index contributed by atoms with van der Waals surface area (Å²) in [5.41, 5.74) is 0.944. The fourth-order valence-electron chi connectivity index (χ4n) is 1.71. The van der Waals surface area contributed by atoms with E-state index in [0.29, 0.717) is 12.6 Å². The van der Waals surface area contributed by atoms with Crippen molar-refractivity contribution in [3.8, 4) is 0 Å². The molecule has 0 aliphatic rings. The highest BCUT2D eigenvalue weighted by Gasteiger charge is 2.18. The standard InChI is InChI=1S/C11H19N3O/c1-9(2)14(6-7-15)10(3)11-8-12-4-5-13-11/h4-5,8-10,15H,6-7H2,1-3H3/t10-/m1/s1. The van der Waals surface area contributed by atoms with Gasteiger partial charge in [0, 0.05) is 31.2 Å². The molecule has 0 radical (unpaired) electrons. The third-order valence-corrected chi connectivity index (χ3v) is 2.53. The second-order valence-electron chi connectivity index (χ2n) is 3.86. The lowest BCUT2D eigenvalue weighted by molar-refractivity contribution is 0.124. The molecule has 0 aliphatic heterocycles. The molecule has 4 heteroatoms. The lowest BCUT2D eigenvalue weighted by Gasteiger charge is -2.31. The number of nitrogens with zero attached hydrogens (tertiary/aromatic N) is 3. The predicted molar refractivity (Wildman–Crippen MR) is 59.4 cm³/mol. The molecule has 0 fully saturated rings. The average molecular weight is 209 g/mol. The van der Waals surface area contributed by atoms with E-state index in [2.05, 4.69) is 35.6 Å². The molecule has 0 unspecified atom stereocenters. The minimum atomic E-state index is 0.169. The number of aromatic nitrogens is 2. The molecule has 0 aliphatic carbocycles. The third kappa shape index (κ3) is 3.25. The first-order chi connectivity index (χ1) is 7.16. The van der Waals surface area contributed by atoms with Crippen molar-refractivity contribution in [2.24, 2.45) is 0 Å². The first-order valence-electron chi connectivity index (χ1n) is 5.29. The summed E-state index contributed by atoms with van der Waals surface area (Å²) in [7, 11) is 0. The van der Waals surface area contributed by atoms with Crippen molar-refractivity contribution in [2.75, 3.05) is 13.2 Å². The highest BCUT2D eigenvalue weighted by molar-refractivity contribution is 5.01. The molecule has 4 nitrogen and oxygen atoms in total. The lowest BCUT2D eigenvalue weighted by atomic mass is 10.1. The van der Waals surface area contributed by atoms with Crippen molar-refractivity contribution in [3.05, 3.63) is 24.3 Å². The van der Waals surface area contributed by atoms with Crippen LogP contribution in [0, 0.1) is 0 Å². The number of aliphatic hydroxyl groups is 1. The summed E-state index contributed by atoms with van der Waals surface area (Å²) in [5.74, 6) is 0. The molecule has 1 atom stereocenters. The molecule has 0 aromatic carbocycles. The van der Waals surface area contributed by atoms with Crippen LogP contribution in [0.3, 0.4) is 0 Å². The molecule has 1 aromatic rings. The molecule has 0 saturated heterocycles. The largest absolute Gasteiger partial charge is 0.395 e. The topological polar surface area (TPSA) is 49.2 Å². The smallest absolute Gasteiger partial charge is 0.0755 e. The quantitative estimate of drug-likeness (QED) is 0.792. The summed E-state index contributed by atoms with van der Waals surface area (Å²) in [6.07, 6.45) is 5.14. The van der Waals surface area contributed by atoms with E-state index in [9.17, 15) is 0 Å². The van der Waals surface area contributed by atoms with Crippen LogP contribution < -0.4 is 0 Å². The van der Waals surface area contributed by atoms with E-state index in [1.54, 1.807) is 18.6 Å². The van der Waals surface area contributed by atoms with Gasteiger partial charge in [-0.1, -0.05) is 0 Å². The fourth-order valence-corrected chi connectivity index (χ4v) is 1.71. The Labute approximate surface area is 91.0 Å². The van der Waals surface area contributed by atoms with Crippen LogP contribution in [0.4, 0.5) is 0 Å². The van der Waals surface area contributed by atoms with Crippen LogP contribution in [0.2, 0.25) is 0 Å². The maximum absolute atomic E-state index is 9.00. The Hall–Kier alpha value is -1.00. The maximum atomic E-state index is 9.00. The molecule has 1 aromatic heterocycles. The van der Waals surface area contributed by atoms with E-state index in [1.807, 2.05) is 0 Å². The Kier molecular flexibility index (Phi) is 4.65. The van der Waals surface area contributed by atoms with Gasteiger partial charge in [0.1, 0.15) is 0 Å². The zero-order valence-corrected chi connectivity index (χ0v) is 9.59. The molecular formula is C11H19N3O. The van der Waals surface area contributed by atoms with E-state index >= 15 is 0 Å². The molecule has 0 bridgehead atoms. The predicted octanol–water partition coefficient (Wildman–Crippen LogP) is 1.24. The Morgan fingerprint density at radius 1 is 1.33 bits per heavy atom. The van der Waals surface area contributed by atoms with Crippen molar-refractivity contribution < 1.29 is 5.11 Å². The average Bonchev–Trinajstić information content (AvgIpc) is 2.26. The van der Waals surface area contributed by atoms with E-state index in [4.69, 9.17) is 5.11 Å². The summed E-state index contributed by atoms with van der Waals surface area (Å²) in [5, 5.41) is 9.00. The van der Waals surface area contributed by atoms with Crippen LogP contribution in [0.25, 0.3) is 0 Å². The van der Waals surface area contributed by atoms with Crippen molar-refractivity contribution in [1.29, 1.82) is 0 Å². The molecule has 0 saturated carbocycles. The maximum Gasteiger partial charge on any atom is 0.0755 e. The van der Waals surface area contributed by atoms with Crippen molar-refractivity contribution >= 4 is 0 Å². The summed E-state index contributed by atoms with van der Waals surface area (Å²) < 4.78 is 0. The monoisotopic (exact) mass is 209 g/mol. The van der Waals surface area contributed by atoms with Crippen LogP contribution >= 0.6 is 0 Å². The zero-order chi connectivity index (χ0) is 11.3. The Morgan fingerprint density at radius 2 is 2.07 bits per heavy atom. The van der Waals surface area contributed by atoms with Gasteiger partial charge >= 0.3 is 0 Å². The van der Waals surface area contributed by atoms with Gasteiger partial charge in [-0.15, -0.1) is 0 Å². The first kappa shape index (κ1) is 12.1. The highest BCUT2D eigenvalue weighted by Crippen LogP contribution is 2.18. The van der Waals surface area contributed by atoms with E-state index in [1.165, 1.54) is 0 Å². The van der Waals surface area contributed by atoms with Gasteiger partial charge in [-0.2, -0.15) is 0 Å². The molecule has 1 heterocycles. The van der Waals surface area contributed by atoms with Gasteiger partial charge in [0.25, 0.3) is 0 Å². The van der Waals surface area contributed by atoms with Crippen LogP contribution in [0.15, 0.2) is 18.6 Å². The molecule has 0 spiro atoms. The lowest BCUT2D eigenvalue weighted by Crippen LogP contribution is -2.36. The number of hydrogen-bond donors (Lipinski definition) is 1. The highest BCUT2D eigenvalue weighted by atomic mass is 16.3. The SMILES string of the molecule is CC(C)N(CCO)[C@H](C)c1cnccn1. The van der Waals surface area contributed by atoms with Crippen molar-refractivity contribution in [2.45, 2.75) is 32.9 Å². The van der Waals surface area contributed by atoms with Crippen LogP contribution in [-0.2, 0) is 0 Å². The van der Waals surface area contributed by atoms with E-state index < -0.39 is 0 Å². The normalized spacial score (nSPS) is 13.5. The Morgan fingerprint density at radius 3 is 2.53 bits per heavy atom. The second kappa shape index (κ2) is 5.78. The fraction of sp³-hybridized carbons (Fsp3) is 0.636. The Balaban J connectivity index is 2.76. The van der Waals surface area contributed by atoms with E-state index in [-0.39, 0.29) is 12.6 Å². The minimum absolute atomic E-state index is 0.169. The summed E-state index contributed by atoms with van der Waals surface area (Å²) in [6, 6.07) is 0.569. The van der Waals surface area contributed by atoms with Gasteiger partial charge in [0.2, 0.25) is 0 Å². The second-order valence-corrected chi connectivity index (χ2v) is 3.86. The van der Waals surface area contributed by atoms with Gasteiger partial charge in [-0.25, -0.2) is 0 Å². The first-order valence-corrected chi connectivity index (χ1v) is 5.29. The minimum Gasteiger partial charge on any atom is -0.395 e. The van der Waals surface area contributed by atoms with Crippen molar-refractivity contribution in [1.82, 2.24) is 14.9 Å². The van der Waals surface area contributed by atoms with Gasteiger partial charge in [0.15, 0.2) is 0 Å². The van der Waals surface area contributed by atoms with Gasteiger partial charge in [0.05, 0.1) is 18.3 Å². The van der Waals surface area contributed by atoms with Crippen LogP contribution in [-0.4, -0.2) is 39.2 Å². The van der Waals surface area contributed by atoms with Gasteiger partial charge in [-0.05, 0) is 20.8 Å². The van der Waals surface area contributed by atoms with E-state index in [0.717, 1.165) is 5.69 Å². The zero-order valence-electron chi connectivity index (χ0n) is 9.59. The molecule has 1 rings (SSSR count).